The van der Waals surface area contributed by atoms with E-state index in [0.29, 0.717) is 17.9 Å². The van der Waals surface area contributed by atoms with E-state index in [1.807, 2.05) is 61.8 Å². The molecule has 2 aromatic heterocycles. The molecule has 0 spiro atoms. The molecular formula is C21H18N4O. The van der Waals surface area contributed by atoms with Crippen LogP contribution in [0.4, 0.5) is 5.82 Å². The summed E-state index contributed by atoms with van der Waals surface area (Å²) in [5.41, 5.74) is 2.56. The van der Waals surface area contributed by atoms with Crippen LogP contribution in [0.1, 0.15) is 5.56 Å². The molecule has 0 aliphatic rings. The molecule has 0 bridgehead atoms. The predicted octanol–water partition coefficient (Wildman–Crippen LogP) is 4.03. The predicted molar refractivity (Wildman–Crippen MR) is 103 cm³/mol. The molecule has 0 atom stereocenters. The number of anilines is 1. The van der Waals surface area contributed by atoms with E-state index in [-0.39, 0.29) is 5.75 Å². The third kappa shape index (κ3) is 3.07. The summed E-state index contributed by atoms with van der Waals surface area (Å²) >= 11 is 0. The molecule has 26 heavy (non-hydrogen) atoms. The van der Waals surface area contributed by atoms with E-state index in [9.17, 15) is 5.11 Å². The van der Waals surface area contributed by atoms with Crippen molar-refractivity contribution in [3.63, 3.8) is 0 Å². The van der Waals surface area contributed by atoms with Crippen molar-refractivity contribution in [3.8, 4) is 17.1 Å². The maximum atomic E-state index is 10.2. The Morgan fingerprint density at radius 2 is 1.73 bits per heavy atom. The average Bonchev–Trinajstić information content (AvgIpc) is 2.68. The fourth-order valence-electron chi connectivity index (χ4n) is 2.97. The second-order valence-corrected chi connectivity index (χ2v) is 6.12. The molecule has 0 aliphatic heterocycles. The molecule has 128 valence electrons. The Balaban J connectivity index is 1.83. The van der Waals surface area contributed by atoms with Gasteiger partial charge in [0.05, 0.1) is 11.1 Å². The van der Waals surface area contributed by atoms with E-state index in [4.69, 9.17) is 4.98 Å². The third-order valence-corrected chi connectivity index (χ3v) is 4.23. The molecule has 0 unspecified atom stereocenters. The summed E-state index contributed by atoms with van der Waals surface area (Å²) in [5.74, 6) is 1.50. The van der Waals surface area contributed by atoms with Crippen molar-refractivity contribution >= 4 is 16.7 Å². The van der Waals surface area contributed by atoms with Gasteiger partial charge in [0.2, 0.25) is 0 Å². The Morgan fingerprint density at radius 1 is 0.923 bits per heavy atom. The largest absolute Gasteiger partial charge is 0.507 e. The SMILES string of the molecule is CN(Cc1cccnc1)c1nc(-c2ccccc2O)nc2ccccc12. The topological polar surface area (TPSA) is 62.1 Å². The monoisotopic (exact) mass is 342 g/mol. The highest BCUT2D eigenvalue weighted by Crippen LogP contribution is 2.31. The highest BCUT2D eigenvalue weighted by Gasteiger charge is 2.14. The maximum Gasteiger partial charge on any atom is 0.165 e. The second kappa shape index (κ2) is 6.80. The van der Waals surface area contributed by atoms with Crippen molar-refractivity contribution in [1.29, 1.82) is 0 Å². The van der Waals surface area contributed by atoms with Crippen LogP contribution in [0.25, 0.3) is 22.3 Å². The van der Waals surface area contributed by atoms with Crippen molar-refractivity contribution in [2.75, 3.05) is 11.9 Å². The zero-order chi connectivity index (χ0) is 17.9. The molecule has 0 amide bonds. The molecule has 1 N–H and O–H groups in total. The van der Waals surface area contributed by atoms with Crippen LogP contribution in [0.2, 0.25) is 0 Å². The first-order chi connectivity index (χ1) is 12.7. The molecule has 0 fully saturated rings. The Kier molecular flexibility index (Phi) is 4.19. The Bertz CT molecular complexity index is 1050. The molecule has 0 aliphatic carbocycles. The van der Waals surface area contributed by atoms with Crippen LogP contribution < -0.4 is 4.90 Å². The quantitative estimate of drug-likeness (QED) is 0.606. The normalized spacial score (nSPS) is 10.8. The number of rotatable bonds is 4. The molecule has 0 saturated heterocycles. The van der Waals surface area contributed by atoms with Gasteiger partial charge in [-0.3, -0.25) is 4.98 Å². The Morgan fingerprint density at radius 3 is 2.54 bits per heavy atom. The first-order valence-corrected chi connectivity index (χ1v) is 8.37. The summed E-state index contributed by atoms with van der Waals surface area (Å²) in [5, 5.41) is 11.2. The van der Waals surface area contributed by atoms with Crippen LogP contribution in [-0.4, -0.2) is 27.1 Å². The minimum absolute atomic E-state index is 0.170. The average molecular weight is 342 g/mol. The lowest BCUT2D eigenvalue weighted by molar-refractivity contribution is 0.477. The molecule has 2 aromatic carbocycles. The van der Waals surface area contributed by atoms with Crippen LogP contribution in [-0.2, 0) is 6.54 Å². The van der Waals surface area contributed by atoms with Gasteiger partial charge >= 0.3 is 0 Å². The van der Waals surface area contributed by atoms with Gasteiger partial charge in [-0.2, -0.15) is 0 Å². The lowest BCUT2D eigenvalue weighted by Crippen LogP contribution is -2.18. The number of pyridine rings is 1. The first kappa shape index (κ1) is 16.0. The molecule has 0 radical (unpaired) electrons. The van der Waals surface area contributed by atoms with E-state index in [0.717, 1.165) is 22.3 Å². The number of phenols is 1. The van der Waals surface area contributed by atoms with Gasteiger partial charge < -0.3 is 10.0 Å². The fraction of sp³-hybridized carbons (Fsp3) is 0.0952. The number of benzene rings is 2. The highest BCUT2D eigenvalue weighted by atomic mass is 16.3. The lowest BCUT2D eigenvalue weighted by Gasteiger charge is -2.20. The van der Waals surface area contributed by atoms with Crippen molar-refractivity contribution in [2.45, 2.75) is 6.54 Å². The molecule has 4 aromatic rings. The van der Waals surface area contributed by atoms with Crippen LogP contribution >= 0.6 is 0 Å². The van der Waals surface area contributed by atoms with E-state index in [1.54, 1.807) is 18.3 Å². The zero-order valence-electron chi connectivity index (χ0n) is 14.4. The summed E-state index contributed by atoms with van der Waals surface area (Å²) in [6.07, 6.45) is 3.61. The van der Waals surface area contributed by atoms with Crippen LogP contribution in [0.15, 0.2) is 73.1 Å². The van der Waals surface area contributed by atoms with Gasteiger partial charge in [-0.1, -0.05) is 30.3 Å². The maximum absolute atomic E-state index is 10.2. The van der Waals surface area contributed by atoms with E-state index < -0.39 is 0 Å². The van der Waals surface area contributed by atoms with Gasteiger partial charge in [0.1, 0.15) is 11.6 Å². The minimum atomic E-state index is 0.170. The number of hydrogen-bond donors (Lipinski definition) is 1. The summed E-state index contributed by atoms with van der Waals surface area (Å²) in [6.45, 7) is 0.676. The number of fused-ring (bicyclic) bond motifs is 1. The van der Waals surface area contributed by atoms with Gasteiger partial charge in [-0.15, -0.1) is 0 Å². The third-order valence-electron chi connectivity index (χ3n) is 4.23. The van der Waals surface area contributed by atoms with E-state index >= 15 is 0 Å². The number of aromatic hydroxyl groups is 1. The van der Waals surface area contributed by atoms with Crippen molar-refractivity contribution in [1.82, 2.24) is 15.0 Å². The summed E-state index contributed by atoms with van der Waals surface area (Å²) in [4.78, 5) is 15.7. The van der Waals surface area contributed by atoms with E-state index in [2.05, 4.69) is 14.9 Å². The minimum Gasteiger partial charge on any atom is -0.507 e. The second-order valence-electron chi connectivity index (χ2n) is 6.12. The van der Waals surface area contributed by atoms with Crippen LogP contribution in [0, 0.1) is 0 Å². The Hall–Kier alpha value is -3.47. The summed E-state index contributed by atoms with van der Waals surface area (Å²) in [7, 11) is 2.00. The van der Waals surface area contributed by atoms with Gasteiger partial charge in [0.15, 0.2) is 5.82 Å². The summed E-state index contributed by atoms with van der Waals surface area (Å²) < 4.78 is 0. The van der Waals surface area contributed by atoms with Gasteiger partial charge in [0.25, 0.3) is 0 Å². The standard InChI is InChI=1S/C21H18N4O/c1-25(14-15-7-6-12-22-13-15)21-16-8-2-4-10-18(16)23-20(24-21)17-9-3-5-11-19(17)26/h2-13,26H,14H2,1H3. The first-order valence-electron chi connectivity index (χ1n) is 8.37. The van der Waals surface area contributed by atoms with Crippen molar-refractivity contribution < 1.29 is 5.11 Å². The van der Waals surface area contributed by atoms with Crippen LogP contribution in [0.5, 0.6) is 5.75 Å². The molecule has 2 heterocycles. The van der Waals surface area contributed by atoms with E-state index in [1.165, 1.54) is 0 Å². The molecule has 0 saturated carbocycles. The van der Waals surface area contributed by atoms with Crippen molar-refractivity contribution in [2.24, 2.45) is 0 Å². The number of hydrogen-bond acceptors (Lipinski definition) is 5. The number of para-hydroxylation sites is 2. The number of phenolic OH excluding ortho intramolecular Hbond substituents is 1. The zero-order valence-corrected chi connectivity index (χ0v) is 14.4. The van der Waals surface area contributed by atoms with Gasteiger partial charge in [-0.05, 0) is 35.9 Å². The number of aromatic nitrogens is 3. The van der Waals surface area contributed by atoms with Crippen molar-refractivity contribution in [3.05, 3.63) is 78.6 Å². The molecule has 5 heteroatoms. The molecule has 5 nitrogen and oxygen atoms in total. The molecular weight excluding hydrogens is 324 g/mol. The Labute approximate surface area is 151 Å². The smallest absolute Gasteiger partial charge is 0.165 e. The summed E-state index contributed by atoms with van der Waals surface area (Å²) in [6, 6.07) is 19.0. The lowest BCUT2D eigenvalue weighted by atomic mass is 10.1. The number of nitrogens with zero attached hydrogens (tertiary/aromatic N) is 4. The van der Waals surface area contributed by atoms with Gasteiger partial charge in [-0.25, -0.2) is 9.97 Å². The highest BCUT2D eigenvalue weighted by molar-refractivity contribution is 5.91. The fourth-order valence-corrected chi connectivity index (χ4v) is 2.97. The molecule has 4 rings (SSSR count). The van der Waals surface area contributed by atoms with Gasteiger partial charge in [0, 0.05) is 31.4 Å². The van der Waals surface area contributed by atoms with Crippen LogP contribution in [0.3, 0.4) is 0 Å².